The summed E-state index contributed by atoms with van der Waals surface area (Å²) in [6.45, 7) is 3.31. The Bertz CT molecular complexity index is 571. The van der Waals surface area contributed by atoms with E-state index in [9.17, 15) is 0 Å². The lowest BCUT2D eigenvalue weighted by Crippen LogP contribution is -2.35. The van der Waals surface area contributed by atoms with Crippen LogP contribution in [0.25, 0.3) is 11.0 Å². The molecule has 1 unspecified atom stereocenters. The molecule has 0 saturated carbocycles. The second-order valence-electron chi connectivity index (χ2n) is 5.21. The summed E-state index contributed by atoms with van der Waals surface area (Å²) in [6, 6.07) is 3.81. The quantitative estimate of drug-likeness (QED) is 0.945. The Kier molecular flexibility index (Phi) is 3.86. The molecule has 1 aliphatic heterocycles. The van der Waals surface area contributed by atoms with Crippen LogP contribution in [0.5, 0.6) is 0 Å². The molecular formula is C13H17ClN4S. The SMILES string of the molecule is CN1CCCC(CNc2c(Cl)ccc3nsnc23)C1. The van der Waals surface area contributed by atoms with Crippen LogP contribution in [0.15, 0.2) is 12.1 Å². The first-order valence-corrected chi connectivity index (χ1v) is 7.68. The van der Waals surface area contributed by atoms with Crippen LogP contribution in [-0.4, -0.2) is 40.3 Å². The van der Waals surface area contributed by atoms with Crippen LogP contribution in [0.1, 0.15) is 12.8 Å². The number of fused-ring (bicyclic) bond motifs is 1. The van der Waals surface area contributed by atoms with Gasteiger partial charge in [0.05, 0.1) is 22.4 Å². The summed E-state index contributed by atoms with van der Waals surface area (Å²) >= 11 is 7.50. The van der Waals surface area contributed by atoms with E-state index in [-0.39, 0.29) is 0 Å². The Balaban J connectivity index is 1.74. The Morgan fingerprint density at radius 2 is 2.37 bits per heavy atom. The van der Waals surface area contributed by atoms with Gasteiger partial charge in [-0.1, -0.05) is 11.6 Å². The molecule has 3 rings (SSSR count). The number of nitrogens with one attached hydrogen (secondary N) is 1. The molecule has 1 aromatic carbocycles. The first-order chi connectivity index (χ1) is 9.24. The number of hydrogen-bond acceptors (Lipinski definition) is 5. The first kappa shape index (κ1) is 13.1. The molecule has 0 amide bonds. The second-order valence-corrected chi connectivity index (χ2v) is 6.14. The number of halogens is 1. The lowest BCUT2D eigenvalue weighted by Gasteiger charge is -2.30. The van der Waals surface area contributed by atoms with Crippen LogP contribution in [0.3, 0.4) is 0 Å². The predicted octanol–water partition coefficient (Wildman–Crippen LogP) is 3.10. The van der Waals surface area contributed by atoms with Crippen molar-refractivity contribution < 1.29 is 0 Å². The smallest absolute Gasteiger partial charge is 0.129 e. The normalized spacial score (nSPS) is 20.8. The topological polar surface area (TPSA) is 41.0 Å². The molecule has 0 bridgehead atoms. The van der Waals surface area contributed by atoms with E-state index in [1.807, 2.05) is 12.1 Å². The summed E-state index contributed by atoms with van der Waals surface area (Å²) in [6.07, 6.45) is 2.55. The fourth-order valence-electron chi connectivity index (χ4n) is 2.68. The van der Waals surface area contributed by atoms with Crippen LogP contribution in [-0.2, 0) is 0 Å². The van der Waals surface area contributed by atoms with Crippen LogP contribution < -0.4 is 5.32 Å². The standard InChI is InChI=1S/C13H17ClN4S/c1-18-6-2-3-9(8-18)7-15-12-10(14)4-5-11-13(12)17-19-16-11/h4-5,9,15H,2-3,6-8H2,1H3. The average Bonchev–Trinajstić information content (AvgIpc) is 2.86. The van der Waals surface area contributed by atoms with Crippen molar-refractivity contribution in [1.29, 1.82) is 0 Å². The summed E-state index contributed by atoms with van der Waals surface area (Å²) < 4.78 is 8.58. The number of likely N-dealkylation sites (tertiary alicyclic amines) is 1. The number of rotatable bonds is 3. The molecule has 6 heteroatoms. The van der Waals surface area contributed by atoms with Gasteiger partial charge in [-0.05, 0) is 44.5 Å². The van der Waals surface area contributed by atoms with E-state index in [1.54, 1.807) is 0 Å². The van der Waals surface area contributed by atoms with Crippen molar-refractivity contribution in [3.05, 3.63) is 17.2 Å². The summed E-state index contributed by atoms with van der Waals surface area (Å²) in [5.41, 5.74) is 2.74. The molecule has 2 aromatic rings. The maximum Gasteiger partial charge on any atom is 0.129 e. The fraction of sp³-hybridized carbons (Fsp3) is 0.538. The Hall–Kier alpha value is -0.910. The number of aromatic nitrogens is 2. The average molecular weight is 297 g/mol. The van der Waals surface area contributed by atoms with Crippen LogP contribution >= 0.6 is 23.3 Å². The zero-order valence-corrected chi connectivity index (χ0v) is 12.5. The minimum atomic E-state index is 0.677. The van der Waals surface area contributed by atoms with Crippen LogP contribution in [0.2, 0.25) is 5.02 Å². The highest BCUT2D eigenvalue weighted by Crippen LogP contribution is 2.30. The number of nitrogens with zero attached hydrogens (tertiary/aromatic N) is 3. The zero-order chi connectivity index (χ0) is 13.2. The van der Waals surface area contributed by atoms with Crippen LogP contribution in [0.4, 0.5) is 5.69 Å². The Morgan fingerprint density at radius 1 is 1.47 bits per heavy atom. The number of hydrogen-bond donors (Lipinski definition) is 1. The zero-order valence-electron chi connectivity index (χ0n) is 10.9. The van der Waals surface area contributed by atoms with Gasteiger partial charge in [0.25, 0.3) is 0 Å². The van der Waals surface area contributed by atoms with Crippen LogP contribution in [0, 0.1) is 5.92 Å². The monoisotopic (exact) mass is 296 g/mol. The van der Waals surface area contributed by atoms with E-state index in [0.29, 0.717) is 5.92 Å². The maximum absolute atomic E-state index is 6.27. The van der Waals surface area contributed by atoms with E-state index in [1.165, 1.54) is 31.1 Å². The summed E-state index contributed by atoms with van der Waals surface area (Å²) in [7, 11) is 2.18. The summed E-state index contributed by atoms with van der Waals surface area (Å²) in [4.78, 5) is 2.39. The van der Waals surface area contributed by atoms with E-state index in [0.717, 1.165) is 34.8 Å². The molecule has 0 aliphatic carbocycles. The molecular weight excluding hydrogens is 280 g/mol. The Morgan fingerprint density at radius 3 is 3.21 bits per heavy atom. The van der Waals surface area contributed by atoms with Crippen molar-refractivity contribution in [3.8, 4) is 0 Å². The van der Waals surface area contributed by atoms with Crippen molar-refractivity contribution >= 4 is 40.0 Å². The van der Waals surface area contributed by atoms with Crippen molar-refractivity contribution in [2.75, 3.05) is 32.0 Å². The molecule has 0 spiro atoms. The van der Waals surface area contributed by atoms with Gasteiger partial charge in [-0.25, -0.2) is 0 Å². The highest BCUT2D eigenvalue weighted by atomic mass is 35.5. The van der Waals surface area contributed by atoms with Gasteiger partial charge in [0.15, 0.2) is 0 Å². The maximum atomic E-state index is 6.27. The second kappa shape index (κ2) is 5.61. The minimum absolute atomic E-state index is 0.677. The highest BCUT2D eigenvalue weighted by Gasteiger charge is 2.18. The Labute approximate surface area is 122 Å². The highest BCUT2D eigenvalue weighted by molar-refractivity contribution is 7.00. The number of anilines is 1. The van der Waals surface area contributed by atoms with Gasteiger partial charge in [-0.3, -0.25) is 0 Å². The van der Waals surface area contributed by atoms with Crippen molar-refractivity contribution in [2.45, 2.75) is 12.8 Å². The van der Waals surface area contributed by atoms with Gasteiger partial charge in [0.1, 0.15) is 11.0 Å². The van der Waals surface area contributed by atoms with Gasteiger partial charge in [-0.15, -0.1) is 0 Å². The third-order valence-electron chi connectivity index (χ3n) is 3.67. The molecule has 1 N–H and O–H groups in total. The fourth-order valence-corrected chi connectivity index (χ4v) is 3.44. The van der Waals surface area contributed by atoms with E-state index in [2.05, 4.69) is 26.0 Å². The van der Waals surface area contributed by atoms with E-state index in [4.69, 9.17) is 11.6 Å². The molecule has 4 nitrogen and oxygen atoms in total. The van der Waals surface area contributed by atoms with Gasteiger partial charge < -0.3 is 10.2 Å². The molecule has 0 radical (unpaired) electrons. The summed E-state index contributed by atoms with van der Waals surface area (Å²) in [5.74, 6) is 0.677. The van der Waals surface area contributed by atoms with Crippen molar-refractivity contribution in [3.63, 3.8) is 0 Å². The van der Waals surface area contributed by atoms with Gasteiger partial charge in [0.2, 0.25) is 0 Å². The van der Waals surface area contributed by atoms with E-state index < -0.39 is 0 Å². The lowest BCUT2D eigenvalue weighted by molar-refractivity contribution is 0.217. The number of benzene rings is 1. The number of piperidine rings is 1. The van der Waals surface area contributed by atoms with Gasteiger partial charge >= 0.3 is 0 Å². The molecule has 1 atom stereocenters. The molecule has 1 aliphatic rings. The molecule has 2 heterocycles. The molecule has 102 valence electrons. The molecule has 1 fully saturated rings. The molecule has 1 saturated heterocycles. The first-order valence-electron chi connectivity index (χ1n) is 6.57. The molecule has 1 aromatic heterocycles. The van der Waals surface area contributed by atoms with Crippen molar-refractivity contribution in [1.82, 2.24) is 13.6 Å². The minimum Gasteiger partial charge on any atom is -0.382 e. The third kappa shape index (κ3) is 2.83. The summed E-state index contributed by atoms with van der Waals surface area (Å²) in [5, 5.41) is 4.20. The van der Waals surface area contributed by atoms with E-state index >= 15 is 0 Å². The predicted molar refractivity (Wildman–Crippen MR) is 81.1 cm³/mol. The van der Waals surface area contributed by atoms with Gasteiger partial charge in [-0.2, -0.15) is 8.75 Å². The third-order valence-corrected chi connectivity index (χ3v) is 4.52. The van der Waals surface area contributed by atoms with Gasteiger partial charge in [0, 0.05) is 13.1 Å². The lowest BCUT2D eigenvalue weighted by atomic mass is 9.98. The van der Waals surface area contributed by atoms with Crippen molar-refractivity contribution in [2.24, 2.45) is 5.92 Å². The largest absolute Gasteiger partial charge is 0.382 e. The molecule has 19 heavy (non-hydrogen) atoms.